The molecule has 0 aromatic carbocycles. The standard InChI is InChI=1S/C17H22N6S/c1-23-6-2-3-12(10-23)20-15-9-16(18)21-14-8-13(24-17(14)15)7-11-4-5-19-22-11/h4-5,8-9,12H,2-3,6-7,10H2,1H3,(H,19,22)(H3,18,20,21)/t12-/m1/s1. The molecule has 3 aromatic rings. The number of aromatic amines is 1. The number of pyridine rings is 1. The van der Waals surface area contributed by atoms with Crippen LogP contribution in [-0.2, 0) is 6.42 Å². The van der Waals surface area contributed by atoms with E-state index < -0.39 is 0 Å². The monoisotopic (exact) mass is 342 g/mol. The summed E-state index contributed by atoms with van der Waals surface area (Å²) in [5, 5.41) is 10.7. The fourth-order valence-corrected chi connectivity index (χ4v) is 4.46. The fraction of sp³-hybridized carbons (Fsp3) is 0.412. The molecule has 0 unspecified atom stereocenters. The number of likely N-dealkylation sites (tertiary alicyclic amines) is 1. The van der Waals surface area contributed by atoms with E-state index in [1.807, 2.05) is 12.1 Å². The van der Waals surface area contributed by atoms with Crippen molar-refractivity contribution in [3.8, 4) is 0 Å². The maximum atomic E-state index is 6.03. The molecular formula is C17H22N6S. The summed E-state index contributed by atoms with van der Waals surface area (Å²) >= 11 is 1.78. The Kier molecular flexibility index (Phi) is 4.12. The maximum Gasteiger partial charge on any atom is 0.126 e. The van der Waals surface area contributed by atoms with Crippen molar-refractivity contribution in [1.82, 2.24) is 20.1 Å². The molecule has 1 fully saturated rings. The Morgan fingerprint density at radius 2 is 2.38 bits per heavy atom. The van der Waals surface area contributed by atoms with Crippen molar-refractivity contribution in [3.63, 3.8) is 0 Å². The lowest BCUT2D eigenvalue weighted by Crippen LogP contribution is -2.39. The van der Waals surface area contributed by atoms with E-state index in [1.54, 1.807) is 17.5 Å². The van der Waals surface area contributed by atoms with Crippen molar-refractivity contribution in [1.29, 1.82) is 0 Å². The summed E-state index contributed by atoms with van der Waals surface area (Å²) in [4.78, 5) is 8.14. The van der Waals surface area contributed by atoms with E-state index in [0.717, 1.165) is 29.9 Å². The lowest BCUT2D eigenvalue weighted by molar-refractivity contribution is 0.261. The largest absolute Gasteiger partial charge is 0.384 e. The highest BCUT2D eigenvalue weighted by molar-refractivity contribution is 7.19. The van der Waals surface area contributed by atoms with Crippen LogP contribution in [0, 0.1) is 0 Å². The molecule has 4 rings (SSSR count). The van der Waals surface area contributed by atoms with Gasteiger partial charge in [-0.2, -0.15) is 5.10 Å². The number of hydrogen-bond acceptors (Lipinski definition) is 6. The number of nitrogens with one attached hydrogen (secondary N) is 2. The van der Waals surface area contributed by atoms with Crippen molar-refractivity contribution in [2.45, 2.75) is 25.3 Å². The summed E-state index contributed by atoms with van der Waals surface area (Å²) in [6.07, 6.45) is 5.05. The van der Waals surface area contributed by atoms with E-state index in [-0.39, 0.29) is 0 Å². The van der Waals surface area contributed by atoms with Crippen LogP contribution in [-0.4, -0.2) is 46.3 Å². The molecule has 126 valence electrons. The number of nitrogens with two attached hydrogens (primary N) is 1. The zero-order valence-corrected chi connectivity index (χ0v) is 14.6. The Hall–Kier alpha value is -2.12. The third kappa shape index (κ3) is 3.22. The molecule has 6 nitrogen and oxygen atoms in total. The van der Waals surface area contributed by atoms with Crippen molar-refractivity contribution in [2.75, 3.05) is 31.2 Å². The second-order valence-electron chi connectivity index (χ2n) is 6.53. The third-order valence-corrected chi connectivity index (χ3v) is 5.61. The molecule has 1 aliphatic heterocycles. The van der Waals surface area contributed by atoms with E-state index >= 15 is 0 Å². The number of fused-ring (bicyclic) bond motifs is 1. The zero-order chi connectivity index (χ0) is 16.5. The van der Waals surface area contributed by atoms with Crippen molar-refractivity contribution in [2.24, 2.45) is 0 Å². The van der Waals surface area contributed by atoms with Gasteiger partial charge in [0.05, 0.1) is 15.9 Å². The molecule has 24 heavy (non-hydrogen) atoms. The van der Waals surface area contributed by atoms with Crippen LogP contribution in [0.1, 0.15) is 23.4 Å². The molecule has 0 saturated carbocycles. The Morgan fingerprint density at radius 1 is 1.46 bits per heavy atom. The molecule has 0 radical (unpaired) electrons. The number of hydrogen-bond donors (Lipinski definition) is 3. The number of thiophene rings is 1. The molecule has 4 N–H and O–H groups in total. The van der Waals surface area contributed by atoms with E-state index in [1.165, 1.54) is 29.0 Å². The summed E-state index contributed by atoms with van der Waals surface area (Å²) in [5.41, 5.74) is 9.22. The van der Waals surface area contributed by atoms with Crippen LogP contribution < -0.4 is 11.1 Å². The average molecular weight is 342 g/mol. The molecule has 1 saturated heterocycles. The molecule has 0 amide bonds. The molecule has 0 bridgehead atoms. The quantitative estimate of drug-likeness (QED) is 0.679. The predicted octanol–water partition coefficient (Wildman–Crippen LogP) is 2.70. The first-order valence-corrected chi connectivity index (χ1v) is 9.11. The maximum absolute atomic E-state index is 6.03. The highest BCUT2D eigenvalue weighted by atomic mass is 32.1. The average Bonchev–Trinajstić information content (AvgIpc) is 3.17. The number of aromatic nitrogens is 3. The van der Waals surface area contributed by atoms with Gasteiger partial charge in [-0.25, -0.2) is 4.98 Å². The van der Waals surface area contributed by atoms with Gasteiger partial charge in [-0.05, 0) is 38.6 Å². The van der Waals surface area contributed by atoms with Gasteiger partial charge in [0.2, 0.25) is 0 Å². The van der Waals surface area contributed by atoms with Crippen LogP contribution in [0.25, 0.3) is 10.2 Å². The van der Waals surface area contributed by atoms with Gasteiger partial charge in [-0.15, -0.1) is 11.3 Å². The number of nitrogen functional groups attached to an aromatic ring is 1. The molecule has 4 heterocycles. The number of rotatable bonds is 4. The first-order chi connectivity index (χ1) is 11.7. The lowest BCUT2D eigenvalue weighted by Gasteiger charge is -2.31. The van der Waals surface area contributed by atoms with E-state index in [2.05, 4.69) is 38.5 Å². The van der Waals surface area contributed by atoms with Gasteiger partial charge >= 0.3 is 0 Å². The molecule has 1 atom stereocenters. The number of nitrogens with zero attached hydrogens (tertiary/aromatic N) is 3. The van der Waals surface area contributed by atoms with Gasteiger partial charge in [0.1, 0.15) is 5.82 Å². The molecule has 0 aliphatic carbocycles. The van der Waals surface area contributed by atoms with Crippen LogP contribution in [0.4, 0.5) is 11.5 Å². The van der Waals surface area contributed by atoms with E-state index in [9.17, 15) is 0 Å². The van der Waals surface area contributed by atoms with Gasteiger partial charge < -0.3 is 16.0 Å². The topological polar surface area (TPSA) is 82.9 Å². The van der Waals surface area contributed by atoms with Gasteiger partial charge in [-0.1, -0.05) is 0 Å². The Bertz CT molecular complexity index is 825. The molecule has 0 spiro atoms. The number of likely N-dealkylation sites (N-methyl/N-ethyl adjacent to an activating group) is 1. The van der Waals surface area contributed by atoms with Gasteiger partial charge in [0, 0.05) is 41.8 Å². The van der Waals surface area contributed by atoms with Crippen molar-refractivity contribution < 1.29 is 0 Å². The highest BCUT2D eigenvalue weighted by Crippen LogP contribution is 2.34. The Balaban J connectivity index is 1.63. The minimum absolute atomic E-state index is 0.465. The second-order valence-corrected chi connectivity index (χ2v) is 7.66. The van der Waals surface area contributed by atoms with Crippen LogP contribution in [0.3, 0.4) is 0 Å². The van der Waals surface area contributed by atoms with Crippen LogP contribution in [0.5, 0.6) is 0 Å². The van der Waals surface area contributed by atoms with Gasteiger partial charge in [0.25, 0.3) is 0 Å². The van der Waals surface area contributed by atoms with Gasteiger partial charge in [0.15, 0.2) is 0 Å². The van der Waals surface area contributed by atoms with Crippen molar-refractivity contribution in [3.05, 3.63) is 35.0 Å². The number of anilines is 2. The molecular weight excluding hydrogens is 320 g/mol. The molecule has 1 aliphatic rings. The Morgan fingerprint density at radius 3 is 3.17 bits per heavy atom. The lowest BCUT2D eigenvalue weighted by atomic mass is 10.1. The SMILES string of the molecule is CN1CCC[C@@H](Nc2cc(N)nc3cc(Cc4ccn[nH]4)sc23)C1. The number of H-pyrrole nitrogens is 1. The van der Waals surface area contributed by atoms with Gasteiger partial charge in [-0.3, -0.25) is 5.10 Å². The van der Waals surface area contributed by atoms with Crippen LogP contribution >= 0.6 is 11.3 Å². The van der Waals surface area contributed by atoms with E-state index in [4.69, 9.17) is 5.73 Å². The summed E-state index contributed by atoms with van der Waals surface area (Å²) in [6.45, 7) is 2.25. The summed E-state index contributed by atoms with van der Waals surface area (Å²) in [7, 11) is 2.18. The third-order valence-electron chi connectivity index (χ3n) is 4.46. The first-order valence-electron chi connectivity index (χ1n) is 8.29. The minimum Gasteiger partial charge on any atom is -0.384 e. The molecule has 3 aromatic heterocycles. The smallest absolute Gasteiger partial charge is 0.126 e. The first kappa shape index (κ1) is 15.4. The predicted molar refractivity (Wildman–Crippen MR) is 99.6 cm³/mol. The summed E-state index contributed by atoms with van der Waals surface area (Å²) in [6, 6.07) is 6.57. The second kappa shape index (κ2) is 6.41. The van der Waals surface area contributed by atoms with Crippen LogP contribution in [0.2, 0.25) is 0 Å². The van der Waals surface area contributed by atoms with Crippen molar-refractivity contribution >= 4 is 33.1 Å². The normalized spacial score (nSPS) is 19.0. The number of piperidine rings is 1. The summed E-state index contributed by atoms with van der Waals surface area (Å²) in [5.74, 6) is 0.569. The summed E-state index contributed by atoms with van der Waals surface area (Å²) < 4.78 is 1.19. The minimum atomic E-state index is 0.465. The van der Waals surface area contributed by atoms with Crippen LogP contribution in [0.15, 0.2) is 24.4 Å². The Labute approximate surface area is 145 Å². The van der Waals surface area contributed by atoms with E-state index in [0.29, 0.717) is 11.9 Å². The molecule has 7 heteroatoms. The highest BCUT2D eigenvalue weighted by Gasteiger charge is 2.19. The zero-order valence-electron chi connectivity index (χ0n) is 13.7. The fourth-order valence-electron chi connectivity index (χ4n) is 3.36.